The van der Waals surface area contributed by atoms with Crippen molar-refractivity contribution in [2.45, 2.75) is 63.5 Å². The summed E-state index contributed by atoms with van der Waals surface area (Å²) in [5.74, 6) is 0. The van der Waals surface area contributed by atoms with Gasteiger partial charge in [-0.1, -0.05) is 19.8 Å². The average Bonchev–Trinajstić information content (AvgIpc) is 2.95. The van der Waals surface area contributed by atoms with E-state index in [1.54, 1.807) is 7.11 Å². The number of hydrogen-bond acceptors (Lipinski definition) is 4. The molecule has 1 atom stereocenters. The number of rotatable bonds is 8. The van der Waals surface area contributed by atoms with Gasteiger partial charge in [-0.3, -0.25) is 4.90 Å². The maximum Gasteiger partial charge on any atom is 0.0593 e. The van der Waals surface area contributed by atoms with E-state index < -0.39 is 0 Å². The first-order valence-electron chi connectivity index (χ1n) is 8.71. The van der Waals surface area contributed by atoms with Crippen molar-refractivity contribution in [1.82, 2.24) is 10.2 Å². The zero-order valence-electron chi connectivity index (χ0n) is 14.2. The largest absolute Gasteiger partial charge is 0.385 e. The lowest BCUT2D eigenvalue weighted by molar-refractivity contribution is -0.00943. The summed E-state index contributed by atoms with van der Waals surface area (Å²) in [6, 6.07) is 0. The van der Waals surface area contributed by atoms with Crippen LogP contribution in [0.15, 0.2) is 0 Å². The fraction of sp³-hybridized carbons (Fsp3) is 1.00. The number of ether oxygens (including phenoxy) is 2. The van der Waals surface area contributed by atoms with Crippen molar-refractivity contribution in [1.29, 1.82) is 0 Å². The maximum absolute atomic E-state index is 5.79. The smallest absolute Gasteiger partial charge is 0.0593 e. The van der Waals surface area contributed by atoms with Crippen LogP contribution in [0.25, 0.3) is 0 Å². The first kappa shape index (κ1) is 17.2. The monoisotopic (exact) mass is 298 g/mol. The van der Waals surface area contributed by atoms with Gasteiger partial charge in [0.1, 0.15) is 0 Å². The molecule has 2 fully saturated rings. The minimum absolute atomic E-state index is 0.281. The van der Waals surface area contributed by atoms with Gasteiger partial charge in [0.2, 0.25) is 0 Å². The fourth-order valence-corrected chi connectivity index (χ4v) is 3.77. The molecule has 0 aromatic carbocycles. The molecule has 2 rings (SSSR count). The van der Waals surface area contributed by atoms with E-state index in [4.69, 9.17) is 9.47 Å². The summed E-state index contributed by atoms with van der Waals surface area (Å²) < 4.78 is 10.8. The average molecular weight is 298 g/mol. The van der Waals surface area contributed by atoms with Crippen molar-refractivity contribution in [3.05, 3.63) is 0 Å². The van der Waals surface area contributed by atoms with E-state index in [2.05, 4.69) is 24.1 Å². The minimum atomic E-state index is 0.281. The van der Waals surface area contributed by atoms with Crippen molar-refractivity contribution in [2.24, 2.45) is 0 Å². The van der Waals surface area contributed by atoms with Gasteiger partial charge in [-0.2, -0.15) is 0 Å². The van der Waals surface area contributed by atoms with Gasteiger partial charge in [0.25, 0.3) is 0 Å². The Bertz CT molecular complexity index is 305. The summed E-state index contributed by atoms with van der Waals surface area (Å²) in [6.07, 6.45) is 7.65. The molecule has 21 heavy (non-hydrogen) atoms. The van der Waals surface area contributed by atoms with Crippen LogP contribution in [0, 0.1) is 0 Å². The van der Waals surface area contributed by atoms with Gasteiger partial charge in [-0.15, -0.1) is 0 Å². The Hall–Kier alpha value is -0.160. The Morgan fingerprint density at radius 1 is 1.14 bits per heavy atom. The molecule has 1 saturated carbocycles. The molecule has 0 radical (unpaired) electrons. The Morgan fingerprint density at radius 3 is 2.57 bits per heavy atom. The highest BCUT2D eigenvalue weighted by molar-refractivity contribution is 5.05. The summed E-state index contributed by atoms with van der Waals surface area (Å²) in [5.41, 5.74) is 0.675. The minimum Gasteiger partial charge on any atom is -0.385 e. The molecule has 4 nitrogen and oxygen atoms in total. The second-order valence-corrected chi connectivity index (χ2v) is 7.07. The topological polar surface area (TPSA) is 33.7 Å². The summed E-state index contributed by atoms with van der Waals surface area (Å²) in [6.45, 7) is 10.5. The van der Waals surface area contributed by atoms with Crippen molar-refractivity contribution in [3.8, 4) is 0 Å². The van der Waals surface area contributed by atoms with Gasteiger partial charge in [0.05, 0.1) is 6.61 Å². The van der Waals surface area contributed by atoms with Gasteiger partial charge < -0.3 is 14.8 Å². The molecule has 124 valence electrons. The van der Waals surface area contributed by atoms with Crippen LogP contribution in [-0.4, -0.2) is 62.5 Å². The highest BCUT2D eigenvalue weighted by Gasteiger charge is 2.45. The number of nitrogens with zero attached hydrogens (tertiary/aromatic N) is 1. The van der Waals surface area contributed by atoms with E-state index in [1.165, 1.54) is 38.6 Å². The quantitative estimate of drug-likeness (QED) is 0.698. The number of hydrogen-bond donors (Lipinski definition) is 1. The highest BCUT2D eigenvalue weighted by Crippen LogP contribution is 2.36. The van der Waals surface area contributed by atoms with Gasteiger partial charge in [-0.25, -0.2) is 0 Å². The van der Waals surface area contributed by atoms with Crippen molar-refractivity contribution >= 4 is 0 Å². The van der Waals surface area contributed by atoms with Crippen LogP contribution in [0.5, 0.6) is 0 Å². The van der Waals surface area contributed by atoms with Crippen LogP contribution < -0.4 is 5.32 Å². The lowest BCUT2D eigenvalue weighted by atomic mass is 9.85. The van der Waals surface area contributed by atoms with Gasteiger partial charge in [-0.05, 0) is 32.6 Å². The molecule has 0 amide bonds. The lowest BCUT2D eigenvalue weighted by Crippen LogP contribution is -2.68. The van der Waals surface area contributed by atoms with Crippen molar-refractivity contribution in [3.63, 3.8) is 0 Å². The van der Waals surface area contributed by atoms with Crippen LogP contribution in [0.1, 0.15) is 52.4 Å². The van der Waals surface area contributed by atoms with Gasteiger partial charge in [0, 0.05) is 51.0 Å². The molecule has 0 aromatic heterocycles. The number of piperazine rings is 1. The highest BCUT2D eigenvalue weighted by atomic mass is 16.5. The second-order valence-electron chi connectivity index (χ2n) is 7.07. The molecule has 0 bridgehead atoms. The van der Waals surface area contributed by atoms with E-state index >= 15 is 0 Å². The maximum atomic E-state index is 5.79. The first-order chi connectivity index (χ1) is 10.1. The zero-order valence-corrected chi connectivity index (χ0v) is 14.2. The first-order valence-corrected chi connectivity index (χ1v) is 8.71. The van der Waals surface area contributed by atoms with Crippen LogP contribution in [-0.2, 0) is 9.47 Å². The summed E-state index contributed by atoms with van der Waals surface area (Å²) in [5, 5.41) is 3.89. The SMILES string of the molecule is CCC1(C)CNC2(CCCC2)CN1CCOCCCOC. The molecule has 1 aliphatic carbocycles. The molecule has 0 aromatic rings. The van der Waals surface area contributed by atoms with Gasteiger partial charge >= 0.3 is 0 Å². The predicted octanol–water partition coefficient (Wildman–Crippen LogP) is 2.43. The van der Waals surface area contributed by atoms with E-state index in [0.29, 0.717) is 5.54 Å². The Morgan fingerprint density at radius 2 is 1.90 bits per heavy atom. The van der Waals surface area contributed by atoms with Gasteiger partial charge in [0.15, 0.2) is 0 Å². The molecule has 1 spiro atoms. The molecule has 1 N–H and O–H groups in total. The van der Waals surface area contributed by atoms with E-state index in [0.717, 1.165) is 39.3 Å². The van der Waals surface area contributed by atoms with Crippen molar-refractivity contribution < 1.29 is 9.47 Å². The van der Waals surface area contributed by atoms with Crippen LogP contribution in [0.2, 0.25) is 0 Å². The second kappa shape index (κ2) is 7.91. The molecular weight excluding hydrogens is 264 g/mol. The third-order valence-corrected chi connectivity index (χ3v) is 5.57. The van der Waals surface area contributed by atoms with Crippen LogP contribution >= 0.6 is 0 Å². The molecule has 1 unspecified atom stereocenters. The molecule has 1 heterocycles. The Kier molecular flexibility index (Phi) is 6.48. The van der Waals surface area contributed by atoms with E-state index in [-0.39, 0.29) is 5.54 Å². The Balaban J connectivity index is 1.80. The van der Waals surface area contributed by atoms with Crippen LogP contribution in [0.4, 0.5) is 0 Å². The zero-order chi connectivity index (χ0) is 15.2. The third kappa shape index (κ3) is 4.41. The third-order valence-electron chi connectivity index (χ3n) is 5.57. The molecule has 1 saturated heterocycles. The molecule has 2 aliphatic rings. The summed E-state index contributed by atoms with van der Waals surface area (Å²) in [7, 11) is 1.74. The fourth-order valence-electron chi connectivity index (χ4n) is 3.77. The van der Waals surface area contributed by atoms with Crippen molar-refractivity contribution in [2.75, 3.05) is 46.6 Å². The molecule has 1 aliphatic heterocycles. The summed E-state index contributed by atoms with van der Waals surface area (Å²) >= 11 is 0. The Labute approximate surface area is 130 Å². The summed E-state index contributed by atoms with van der Waals surface area (Å²) in [4.78, 5) is 2.69. The normalized spacial score (nSPS) is 29.3. The van der Waals surface area contributed by atoms with Crippen LogP contribution in [0.3, 0.4) is 0 Å². The van der Waals surface area contributed by atoms with E-state index in [9.17, 15) is 0 Å². The predicted molar refractivity (Wildman–Crippen MR) is 86.8 cm³/mol. The van der Waals surface area contributed by atoms with E-state index in [1.807, 2.05) is 0 Å². The molecule has 4 heteroatoms. The standard InChI is InChI=1S/C17H34N2O2/c1-4-16(2)14-18-17(8-5-6-9-17)15-19(16)10-13-21-12-7-11-20-3/h18H,4-15H2,1-3H3. The molecular formula is C17H34N2O2. The number of nitrogens with one attached hydrogen (secondary N) is 1. The lowest BCUT2D eigenvalue weighted by Gasteiger charge is -2.52. The number of methoxy groups -OCH3 is 1.